The largest absolute Gasteiger partial charge is 0.465 e. The summed E-state index contributed by atoms with van der Waals surface area (Å²) < 4.78 is 17.3. The number of rotatable bonds is 4. The van der Waals surface area contributed by atoms with E-state index in [0.29, 0.717) is 5.69 Å². The van der Waals surface area contributed by atoms with Crippen LogP contribution in [0.15, 0.2) is 24.3 Å². The zero-order chi connectivity index (χ0) is 14.7. The molecule has 0 saturated carbocycles. The van der Waals surface area contributed by atoms with Crippen LogP contribution in [0.5, 0.6) is 0 Å². The Labute approximate surface area is 114 Å². The zero-order valence-corrected chi connectivity index (χ0v) is 10.8. The molecule has 0 unspecified atom stereocenters. The Morgan fingerprint density at radius 2 is 2.05 bits per heavy atom. The Bertz CT molecular complexity index is 544. The van der Waals surface area contributed by atoms with Crippen LogP contribution in [0.4, 0.5) is 10.1 Å². The third-order valence-corrected chi connectivity index (χ3v) is 3.06. The number of halogens is 1. The van der Waals surface area contributed by atoms with E-state index < -0.39 is 23.7 Å². The summed E-state index contributed by atoms with van der Waals surface area (Å²) in [6.07, 6.45) is 0.00715. The number of nitrogens with two attached hydrogens (primary N) is 1. The maximum Gasteiger partial charge on any atom is 0.361 e. The lowest BCUT2D eigenvalue weighted by molar-refractivity contribution is -0.665. The van der Waals surface area contributed by atoms with Crippen LogP contribution in [0.25, 0.3) is 0 Å². The fraction of sp³-hybridized carbons (Fsp3) is 0.308. The number of nitrogens with zero attached hydrogens (tertiary/aromatic N) is 1. The monoisotopic (exact) mass is 281 g/mol. The van der Waals surface area contributed by atoms with Gasteiger partial charge in [-0.2, -0.15) is 0 Å². The van der Waals surface area contributed by atoms with Crippen molar-refractivity contribution in [3.63, 3.8) is 0 Å². The van der Waals surface area contributed by atoms with Crippen LogP contribution in [-0.2, 0) is 19.1 Å². The second kappa shape index (κ2) is 5.79. The molecular weight excluding hydrogens is 267 g/mol. The van der Waals surface area contributed by atoms with Crippen LogP contribution < -0.4 is 10.2 Å². The number of amides is 2. The van der Waals surface area contributed by atoms with Crippen molar-refractivity contribution in [1.29, 1.82) is 0 Å². The number of esters is 1. The summed E-state index contributed by atoms with van der Waals surface area (Å²) in [6.45, 7) is -0.0303. The van der Waals surface area contributed by atoms with Gasteiger partial charge in [0.25, 0.3) is 5.91 Å². The first-order valence-electron chi connectivity index (χ1n) is 6.05. The van der Waals surface area contributed by atoms with Crippen molar-refractivity contribution in [1.82, 2.24) is 0 Å². The van der Waals surface area contributed by atoms with E-state index in [9.17, 15) is 18.8 Å². The standard InChI is InChI=1S/C13H13FN2O4/c1-20-12(18)7-15-10-6-11(17)16(13(10)19)9-4-2-8(14)3-5-9/h2-5,10,15H,6-7H2,1H3/p+1/t10-/m0/s1. The number of hydrogen-bond acceptors (Lipinski definition) is 4. The highest BCUT2D eigenvalue weighted by molar-refractivity contribution is 6.21. The van der Waals surface area contributed by atoms with Crippen molar-refractivity contribution in [2.24, 2.45) is 0 Å². The van der Waals surface area contributed by atoms with Gasteiger partial charge < -0.3 is 10.1 Å². The lowest BCUT2D eigenvalue weighted by atomic mass is 10.2. The van der Waals surface area contributed by atoms with Gasteiger partial charge in [-0.05, 0) is 24.3 Å². The van der Waals surface area contributed by atoms with E-state index in [0.717, 1.165) is 4.90 Å². The average Bonchev–Trinajstić information content (AvgIpc) is 2.72. The van der Waals surface area contributed by atoms with Gasteiger partial charge in [0.2, 0.25) is 5.91 Å². The van der Waals surface area contributed by atoms with E-state index in [-0.39, 0.29) is 18.9 Å². The second-order valence-electron chi connectivity index (χ2n) is 4.37. The first-order valence-corrected chi connectivity index (χ1v) is 6.05. The zero-order valence-electron chi connectivity index (χ0n) is 10.8. The summed E-state index contributed by atoms with van der Waals surface area (Å²) in [7, 11) is 1.25. The summed E-state index contributed by atoms with van der Waals surface area (Å²) in [5.41, 5.74) is 0.329. The molecule has 1 aromatic rings. The Morgan fingerprint density at radius 1 is 1.40 bits per heavy atom. The predicted octanol–water partition coefficient (Wildman–Crippen LogP) is -0.806. The predicted molar refractivity (Wildman–Crippen MR) is 66.1 cm³/mol. The van der Waals surface area contributed by atoms with Crippen LogP contribution in [0, 0.1) is 5.82 Å². The Morgan fingerprint density at radius 3 is 2.65 bits per heavy atom. The van der Waals surface area contributed by atoms with Crippen LogP contribution in [0.3, 0.4) is 0 Å². The molecule has 1 aromatic carbocycles. The number of benzene rings is 1. The van der Waals surface area contributed by atoms with E-state index in [2.05, 4.69) is 4.74 Å². The van der Waals surface area contributed by atoms with E-state index in [1.165, 1.54) is 36.7 Å². The molecular formula is C13H14FN2O4+. The van der Waals surface area contributed by atoms with Crippen molar-refractivity contribution < 1.29 is 28.8 Å². The van der Waals surface area contributed by atoms with E-state index >= 15 is 0 Å². The van der Waals surface area contributed by atoms with Crippen molar-refractivity contribution in [3.8, 4) is 0 Å². The number of quaternary nitrogens is 1. The Kier molecular flexibility index (Phi) is 4.09. The summed E-state index contributed by atoms with van der Waals surface area (Å²) in [4.78, 5) is 36.1. The van der Waals surface area contributed by atoms with Gasteiger partial charge in [0.05, 0.1) is 19.2 Å². The molecule has 1 aliphatic heterocycles. The van der Waals surface area contributed by atoms with Crippen molar-refractivity contribution in [2.45, 2.75) is 12.5 Å². The molecule has 0 radical (unpaired) electrons. The molecule has 2 amide bonds. The molecule has 6 nitrogen and oxygen atoms in total. The first-order chi connectivity index (χ1) is 9.52. The van der Waals surface area contributed by atoms with Crippen LogP contribution in [0.2, 0.25) is 0 Å². The topological polar surface area (TPSA) is 80.3 Å². The van der Waals surface area contributed by atoms with E-state index in [1.807, 2.05) is 0 Å². The quantitative estimate of drug-likeness (QED) is 0.578. The molecule has 2 rings (SSSR count). The smallest absolute Gasteiger partial charge is 0.361 e. The summed E-state index contributed by atoms with van der Waals surface area (Å²) in [5, 5.41) is 1.47. The summed E-state index contributed by atoms with van der Waals surface area (Å²) >= 11 is 0. The maximum atomic E-state index is 12.8. The van der Waals surface area contributed by atoms with E-state index in [1.54, 1.807) is 0 Å². The molecule has 0 aliphatic carbocycles. The number of carbonyl (C=O) groups excluding carboxylic acids is 3. The van der Waals surface area contributed by atoms with Gasteiger partial charge in [0.15, 0.2) is 12.6 Å². The lowest BCUT2D eigenvalue weighted by Crippen LogP contribution is -2.93. The fourth-order valence-electron chi connectivity index (χ4n) is 2.02. The minimum atomic E-state index is -0.647. The number of methoxy groups -OCH3 is 1. The minimum Gasteiger partial charge on any atom is -0.465 e. The molecule has 1 atom stereocenters. The third kappa shape index (κ3) is 2.83. The molecule has 1 fully saturated rings. The molecule has 0 aromatic heterocycles. The molecule has 7 heteroatoms. The van der Waals surface area contributed by atoms with Crippen LogP contribution in [0.1, 0.15) is 6.42 Å². The van der Waals surface area contributed by atoms with Crippen molar-refractivity contribution in [3.05, 3.63) is 30.1 Å². The normalized spacial score (nSPS) is 18.5. The van der Waals surface area contributed by atoms with Gasteiger partial charge in [0.1, 0.15) is 5.82 Å². The molecule has 1 aliphatic rings. The highest BCUT2D eigenvalue weighted by atomic mass is 19.1. The van der Waals surface area contributed by atoms with Crippen molar-refractivity contribution >= 4 is 23.5 Å². The minimum absolute atomic E-state index is 0.00715. The van der Waals surface area contributed by atoms with E-state index in [4.69, 9.17) is 0 Å². The van der Waals surface area contributed by atoms with Crippen LogP contribution in [-0.4, -0.2) is 37.5 Å². The lowest BCUT2D eigenvalue weighted by Gasteiger charge is -2.13. The highest BCUT2D eigenvalue weighted by Crippen LogP contribution is 2.21. The first kappa shape index (κ1) is 14.1. The Balaban J connectivity index is 2.09. The second-order valence-corrected chi connectivity index (χ2v) is 4.37. The Hall–Kier alpha value is -2.28. The molecule has 2 N–H and O–H groups in total. The maximum absolute atomic E-state index is 12.8. The molecule has 0 spiro atoms. The molecule has 20 heavy (non-hydrogen) atoms. The van der Waals surface area contributed by atoms with Crippen LogP contribution >= 0.6 is 0 Å². The van der Waals surface area contributed by atoms with Gasteiger partial charge in [-0.25, -0.2) is 14.1 Å². The number of ether oxygens (including phenoxy) is 1. The van der Waals surface area contributed by atoms with Gasteiger partial charge >= 0.3 is 5.97 Å². The van der Waals surface area contributed by atoms with Gasteiger partial charge in [0, 0.05) is 0 Å². The third-order valence-electron chi connectivity index (χ3n) is 3.06. The van der Waals surface area contributed by atoms with Gasteiger partial charge in [-0.1, -0.05) is 0 Å². The molecule has 0 bridgehead atoms. The summed E-state index contributed by atoms with van der Waals surface area (Å²) in [5.74, 6) is -1.69. The SMILES string of the molecule is COC(=O)C[NH2+][C@H]1CC(=O)N(c2ccc(F)cc2)C1=O. The van der Waals surface area contributed by atoms with Gasteiger partial charge in [-0.15, -0.1) is 0 Å². The number of carbonyl (C=O) groups is 3. The number of anilines is 1. The number of imide groups is 1. The number of hydrogen-bond donors (Lipinski definition) is 1. The summed E-state index contributed by atoms with van der Waals surface area (Å²) in [6, 6.07) is 4.45. The van der Waals surface area contributed by atoms with Gasteiger partial charge in [-0.3, -0.25) is 9.59 Å². The molecule has 106 valence electrons. The van der Waals surface area contributed by atoms with Crippen molar-refractivity contribution in [2.75, 3.05) is 18.6 Å². The molecule has 1 saturated heterocycles. The highest BCUT2D eigenvalue weighted by Gasteiger charge is 2.42. The molecule has 1 heterocycles. The average molecular weight is 281 g/mol. The fourth-order valence-corrected chi connectivity index (χ4v) is 2.02.